The molecule has 0 N–H and O–H groups in total. The van der Waals surface area contributed by atoms with E-state index in [2.05, 4.69) is 12.2 Å². The quantitative estimate of drug-likeness (QED) is 0.151. The lowest BCUT2D eigenvalue weighted by Crippen LogP contribution is -1.85. The van der Waals surface area contributed by atoms with Crippen LogP contribution < -0.4 is 0 Å². The highest BCUT2D eigenvalue weighted by atomic mass is 19.1. The van der Waals surface area contributed by atoms with Gasteiger partial charge < -0.3 is 0 Å². The molecule has 2 aliphatic carbocycles. The Morgan fingerprint density at radius 2 is 0.575 bits per heavy atom. The van der Waals surface area contributed by atoms with E-state index in [1.165, 1.54) is 107 Å². The van der Waals surface area contributed by atoms with Gasteiger partial charge in [-0.25, -0.2) is 17.6 Å². The van der Waals surface area contributed by atoms with Gasteiger partial charge in [0, 0.05) is 6.07 Å². The highest BCUT2D eigenvalue weighted by Crippen LogP contribution is 2.15. The molecule has 2 aliphatic rings. The van der Waals surface area contributed by atoms with Crippen LogP contribution in [0.4, 0.5) is 17.6 Å². The lowest BCUT2D eigenvalue weighted by atomic mass is 10.0. The molecule has 0 nitrogen and oxygen atoms in total. The highest BCUT2D eigenvalue weighted by molar-refractivity contribution is 5.05. The number of allylic oxidation sites excluding steroid dienone is 2. The first-order valence-corrected chi connectivity index (χ1v) is 14.0. The summed E-state index contributed by atoms with van der Waals surface area (Å²) in [6.45, 7) is 0. The number of hydrogen-bond donors (Lipinski definition) is 0. The third-order valence-electron chi connectivity index (χ3n) is 5.58. The summed E-state index contributed by atoms with van der Waals surface area (Å²) in [6.07, 6.45) is 19.0. The Bertz CT molecular complexity index is 978. The molecule has 1 saturated carbocycles. The lowest BCUT2D eigenvalue weighted by Gasteiger charge is -2.05. The van der Waals surface area contributed by atoms with Crippen molar-refractivity contribution >= 4 is 0 Å². The summed E-state index contributed by atoms with van der Waals surface area (Å²) in [7, 11) is 0. The van der Waals surface area contributed by atoms with Gasteiger partial charge in [-0.2, -0.15) is 0 Å². The van der Waals surface area contributed by atoms with E-state index in [0.717, 1.165) is 6.07 Å². The minimum Gasteiger partial charge on any atom is -0.207 e. The predicted molar refractivity (Wildman–Crippen MR) is 161 cm³/mol. The number of halogens is 4. The second-order valence-corrected chi connectivity index (χ2v) is 9.06. The van der Waals surface area contributed by atoms with Crippen LogP contribution in [0.25, 0.3) is 0 Å². The first kappa shape index (κ1) is 34.4. The average Bonchev–Trinajstić information content (AvgIpc) is 3.02. The maximum absolute atomic E-state index is 11.9. The number of benzene rings is 4. The Morgan fingerprint density at radius 3 is 0.750 bits per heavy atom. The molecule has 40 heavy (non-hydrogen) atoms. The van der Waals surface area contributed by atoms with Crippen molar-refractivity contribution in [3.8, 4) is 0 Å². The zero-order valence-corrected chi connectivity index (χ0v) is 23.3. The van der Waals surface area contributed by atoms with E-state index in [1.807, 2.05) is 36.4 Å². The molecule has 0 radical (unpaired) electrons. The fraction of sp³-hybridized carbons (Fsp3) is 0.278. The molecule has 4 aromatic carbocycles. The van der Waals surface area contributed by atoms with Crippen LogP contribution in [-0.4, -0.2) is 0 Å². The van der Waals surface area contributed by atoms with Crippen molar-refractivity contribution in [3.63, 3.8) is 0 Å². The number of rotatable bonds is 0. The van der Waals surface area contributed by atoms with Gasteiger partial charge in [-0.3, -0.25) is 0 Å². The molecule has 214 valence electrons. The minimum absolute atomic E-state index is 0.178. The molecule has 6 rings (SSSR count). The van der Waals surface area contributed by atoms with Crippen molar-refractivity contribution < 1.29 is 17.6 Å². The Hall–Kier alpha value is -3.66. The summed E-state index contributed by atoms with van der Waals surface area (Å²) in [4.78, 5) is 0. The van der Waals surface area contributed by atoms with Gasteiger partial charge in [-0.05, 0) is 62.1 Å². The summed E-state index contributed by atoms with van der Waals surface area (Å²) < 4.78 is 47.7. The van der Waals surface area contributed by atoms with Crippen LogP contribution >= 0.6 is 0 Å². The molecule has 0 aromatic heterocycles. The fourth-order valence-electron chi connectivity index (χ4n) is 3.49. The molecular weight excluding hydrogens is 508 g/mol. The van der Waals surface area contributed by atoms with Crippen LogP contribution in [-0.2, 0) is 0 Å². The Labute approximate surface area is 238 Å². The van der Waals surface area contributed by atoms with Crippen molar-refractivity contribution in [2.24, 2.45) is 0 Å². The van der Waals surface area contributed by atoms with Crippen LogP contribution in [0, 0.1) is 23.3 Å². The largest absolute Gasteiger partial charge is 0.207 e. The van der Waals surface area contributed by atoms with Crippen LogP contribution in [0.1, 0.15) is 64.2 Å². The topological polar surface area (TPSA) is 0 Å². The predicted octanol–water partition coefficient (Wildman–Crippen LogP) is 11.8. The summed E-state index contributed by atoms with van der Waals surface area (Å²) in [5.41, 5.74) is 0. The average molecular weight is 551 g/mol. The van der Waals surface area contributed by atoms with Crippen molar-refractivity contribution in [2.75, 3.05) is 0 Å². The van der Waals surface area contributed by atoms with Gasteiger partial charge in [0.15, 0.2) is 0 Å². The van der Waals surface area contributed by atoms with E-state index in [4.69, 9.17) is 0 Å². The van der Waals surface area contributed by atoms with E-state index in [-0.39, 0.29) is 11.6 Å². The van der Waals surface area contributed by atoms with Gasteiger partial charge >= 0.3 is 0 Å². The minimum atomic E-state index is -0.537. The Morgan fingerprint density at radius 1 is 0.300 bits per heavy atom. The molecule has 0 bridgehead atoms. The molecule has 4 heteroatoms. The van der Waals surface area contributed by atoms with Crippen LogP contribution in [0.3, 0.4) is 0 Å². The Kier molecular flexibility index (Phi) is 22.0. The first-order chi connectivity index (χ1) is 19.6. The summed E-state index contributed by atoms with van der Waals surface area (Å²) >= 11 is 0. The zero-order chi connectivity index (χ0) is 28.9. The van der Waals surface area contributed by atoms with Crippen LogP contribution in [0.15, 0.2) is 133 Å². The van der Waals surface area contributed by atoms with E-state index in [0.29, 0.717) is 0 Å². The summed E-state index contributed by atoms with van der Waals surface area (Å²) in [5, 5.41) is 0. The Balaban J connectivity index is 0.000000241. The fourth-order valence-corrected chi connectivity index (χ4v) is 3.49. The second-order valence-electron chi connectivity index (χ2n) is 9.06. The van der Waals surface area contributed by atoms with Crippen molar-refractivity contribution in [1.82, 2.24) is 0 Å². The van der Waals surface area contributed by atoms with E-state index in [1.54, 1.807) is 36.4 Å². The normalized spacial score (nSPS) is 12.9. The van der Waals surface area contributed by atoms with Gasteiger partial charge in [-0.1, -0.05) is 130 Å². The summed E-state index contributed by atoms with van der Waals surface area (Å²) in [6, 6.07) is 32.4. The molecule has 0 saturated heterocycles. The first-order valence-electron chi connectivity index (χ1n) is 14.0. The molecule has 0 atom stereocenters. The van der Waals surface area contributed by atoms with Crippen molar-refractivity contribution in [2.45, 2.75) is 64.2 Å². The summed E-state index contributed by atoms with van der Waals surface area (Å²) in [5.74, 6) is -1.43. The molecule has 0 aliphatic heterocycles. The van der Waals surface area contributed by atoms with Gasteiger partial charge in [0.1, 0.15) is 23.3 Å². The SMILES string of the molecule is C1=CCCCC1.C1CCCCC1.Fc1cccc(F)c1.Fc1ccccc1.Fc1ccccc1.c1ccccc1. The monoisotopic (exact) mass is 550 g/mol. The van der Waals surface area contributed by atoms with Crippen LogP contribution in [0.5, 0.6) is 0 Å². The highest BCUT2D eigenvalue weighted by Gasteiger charge is 1.95. The molecular formula is C36H42F4. The van der Waals surface area contributed by atoms with Crippen LogP contribution in [0.2, 0.25) is 0 Å². The standard InChI is InChI=1S/C6H4F2.2C6H5F.C6H12.C6H10.C6H6/c7-5-2-1-3-6(8)4-5;2*7-6-4-2-1-3-5-6;3*1-2-4-6-5-3-1/h1-4H;2*1-5H;1-6H2;1-2H,3-6H2;1-6H. The molecule has 0 spiro atoms. The zero-order valence-electron chi connectivity index (χ0n) is 23.3. The maximum atomic E-state index is 11.9. The third kappa shape index (κ3) is 23.5. The van der Waals surface area contributed by atoms with Gasteiger partial charge in [0.05, 0.1) is 0 Å². The maximum Gasteiger partial charge on any atom is 0.126 e. The lowest BCUT2D eigenvalue weighted by molar-refractivity contribution is 0.504. The molecule has 0 amide bonds. The second kappa shape index (κ2) is 25.6. The van der Waals surface area contributed by atoms with Crippen molar-refractivity contribution in [3.05, 3.63) is 157 Å². The van der Waals surface area contributed by atoms with Crippen molar-refractivity contribution in [1.29, 1.82) is 0 Å². The van der Waals surface area contributed by atoms with Gasteiger partial charge in [0.2, 0.25) is 0 Å². The van der Waals surface area contributed by atoms with Gasteiger partial charge in [-0.15, -0.1) is 0 Å². The third-order valence-corrected chi connectivity index (χ3v) is 5.58. The van der Waals surface area contributed by atoms with E-state index >= 15 is 0 Å². The van der Waals surface area contributed by atoms with E-state index in [9.17, 15) is 17.6 Å². The smallest absolute Gasteiger partial charge is 0.126 e. The molecule has 4 aromatic rings. The molecule has 0 unspecified atom stereocenters. The molecule has 0 heterocycles. The number of hydrogen-bond acceptors (Lipinski definition) is 0. The van der Waals surface area contributed by atoms with Gasteiger partial charge in [0.25, 0.3) is 0 Å². The van der Waals surface area contributed by atoms with E-state index < -0.39 is 11.6 Å². The molecule has 1 fully saturated rings.